The van der Waals surface area contributed by atoms with Crippen molar-refractivity contribution in [3.63, 3.8) is 0 Å². The van der Waals surface area contributed by atoms with Crippen molar-refractivity contribution in [2.75, 3.05) is 0 Å². The highest BCUT2D eigenvalue weighted by molar-refractivity contribution is 8.03. The molecule has 0 amide bonds. The van der Waals surface area contributed by atoms with Crippen LogP contribution >= 0.6 is 10.7 Å². The smallest absolute Gasteiger partial charge is 0.336 e. The van der Waals surface area contributed by atoms with E-state index in [0.29, 0.717) is 5.58 Å². The van der Waals surface area contributed by atoms with Crippen LogP contribution in [0.4, 0.5) is 0 Å². The quantitative estimate of drug-likeness (QED) is 0.403. The SMILES string of the molecule is O=S([O-])Cl.O=c1ccc2ccccc2o1. The van der Waals surface area contributed by atoms with Gasteiger partial charge in [0.1, 0.15) is 5.58 Å². The van der Waals surface area contributed by atoms with E-state index in [0.717, 1.165) is 5.39 Å². The average Bonchev–Trinajstić information content (AvgIpc) is 2.16. The molecule has 0 bridgehead atoms. The first kappa shape index (κ1) is 11.9. The molecule has 6 heteroatoms. The van der Waals surface area contributed by atoms with Gasteiger partial charge >= 0.3 is 5.63 Å². The number of benzene rings is 1. The molecule has 1 aromatic carbocycles. The van der Waals surface area contributed by atoms with E-state index in [2.05, 4.69) is 10.7 Å². The number of halogens is 1. The van der Waals surface area contributed by atoms with Gasteiger partial charge in [-0.1, -0.05) is 18.2 Å². The fraction of sp³-hybridized carbons (Fsp3) is 0. The minimum absolute atomic E-state index is 0.302. The molecule has 0 aliphatic rings. The summed E-state index contributed by atoms with van der Waals surface area (Å²) in [4.78, 5) is 10.7. The third-order valence-corrected chi connectivity index (χ3v) is 1.53. The van der Waals surface area contributed by atoms with E-state index in [9.17, 15) is 4.79 Å². The molecule has 1 heterocycles. The third kappa shape index (κ3) is 4.24. The molecule has 0 aliphatic heterocycles. The van der Waals surface area contributed by atoms with Crippen molar-refractivity contribution in [2.45, 2.75) is 0 Å². The Kier molecular flexibility index (Phi) is 4.48. The molecular formula is C9H6ClO4S-. The lowest BCUT2D eigenvalue weighted by Gasteiger charge is -1.91. The molecule has 80 valence electrons. The van der Waals surface area contributed by atoms with Crippen molar-refractivity contribution in [2.24, 2.45) is 0 Å². The lowest BCUT2D eigenvalue weighted by Crippen LogP contribution is -1.93. The molecule has 0 N–H and O–H groups in total. The van der Waals surface area contributed by atoms with Crippen molar-refractivity contribution in [1.29, 1.82) is 0 Å². The Bertz CT molecular complexity index is 519. The lowest BCUT2D eigenvalue weighted by molar-refractivity contribution is 0.552. The molecule has 0 spiro atoms. The largest absolute Gasteiger partial charge is 0.760 e. The van der Waals surface area contributed by atoms with E-state index in [1.807, 2.05) is 18.2 Å². The maximum atomic E-state index is 10.7. The Balaban J connectivity index is 0.000000245. The molecule has 1 unspecified atom stereocenters. The molecule has 0 aliphatic carbocycles. The summed E-state index contributed by atoms with van der Waals surface area (Å²) in [5.74, 6) is 0. The van der Waals surface area contributed by atoms with Gasteiger partial charge in [0.15, 0.2) is 0 Å². The van der Waals surface area contributed by atoms with Gasteiger partial charge in [-0.15, -0.1) is 0 Å². The Morgan fingerprint density at radius 3 is 2.47 bits per heavy atom. The minimum Gasteiger partial charge on any atom is -0.760 e. The molecular weight excluding hydrogens is 240 g/mol. The first-order chi connectivity index (χ1) is 7.09. The van der Waals surface area contributed by atoms with E-state index in [4.69, 9.17) is 13.2 Å². The predicted octanol–water partition coefficient (Wildman–Crippen LogP) is 1.81. The number of rotatable bonds is 0. The van der Waals surface area contributed by atoms with Gasteiger partial charge in [-0.3, -0.25) is 4.21 Å². The van der Waals surface area contributed by atoms with Crippen molar-refractivity contribution >= 4 is 31.9 Å². The fourth-order valence-corrected chi connectivity index (χ4v) is 1.01. The fourth-order valence-electron chi connectivity index (χ4n) is 1.01. The van der Waals surface area contributed by atoms with E-state index in [1.165, 1.54) is 6.07 Å². The maximum Gasteiger partial charge on any atom is 0.336 e. The Morgan fingerprint density at radius 2 is 1.80 bits per heavy atom. The topological polar surface area (TPSA) is 70.3 Å². The van der Waals surface area contributed by atoms with Gasteiger partial charge < -0.3 is 8.97 Å². The Labute approximate surface area is 92.3 Å². The van der Waals surface area contributed by atoms with Crippen molar-refractivity contribution in [3.8, 4) is 0 Å². The Morgan fingerprint density at radius 1 is 1.20 bits per heavy atom. The average molecular weight is 246 g/mol. The minimum atomic E-state index is -2.39. The summed E-state index contributed by atoms with van der Waals surface area (Å²) >= 11 is 0. The van der Waals surface area contributed by atoms with E-state index < -0.39 is 10.3 Å². The highest BCUT2D eigenvalue weighted by atomic mass is 35.7. The first-order valence-corrected chi connectivity index (χ1v) is 5.74. The standard InChI is InChI=1S/C9H6O2.ClHO2S/c10-9-6-5-7-3-1-2-4-8(7)11-9;1-4(2)3/h1-6H;(H,2,3)/p-1. The molecule has 4 nitrogen and oxygen atoms in total. The van der Waals surface area contributed by atoms with Crippen LogP contribution in [0, 0.1) is 0 Å². The molecule has 0 saturated carbocycles. The monoisotopic (exact) mass is 245 g/mol. The van der Waals surface area contributed by atoms with Gasteiger partial charge in [-0.05, 0) is 22.8 Å². The predicted molar refractivity (Wildman–Crippen MR) is 57.3 cm³/mol. The van der Waals surface area contributed by atoms with E-state index in [-0.39, 0.29) is 5.63 Å². The molecule has 15 heavy (non-hydrogen) atoms. The number of hydrogen-bond acceptors (Lipinski definition) is 4. The van der Waals surface area contributed by atoms with Crippen LogP contribution in [0.5, 0.6) is 0 Å². The zero-order valence-corrected chi connectivity index (χ0v) is 8.96. The van der Waals surface area contributed by atoms with E-state index >= 15 is 0 Å². The van der Waals surface area contributed by atoms with Gasteiger partial charge in [0.25, 0.3) is 0 Å². The summed E-state index contributed by atoms with van der Waals surface area (Å²) in [5.41, 5.74) is 0.337. The molecule has 1 atom stereocenters. The second-order valence-electron chi connectivity index (χ2n) is 2.49. The van der Waals surface area contributed by atoms with Crippen molar-refractivity contribution in [3.05, 3.63) is 46.8 Å². The summed E-state index contributed by atoms with van der Waals surface area (Å²) in [7, 11) is 1.80. The number of fused-ring (bicyclic) bond motifs is 1. The highest BCUT2D eigenvalue weighted by Crippen LogP contribution is 2.08. The molecule has 0 radical (unpaired) electrons. The van der Waals surface area contributed by atoms with Crippen LogP contribution in [0.25, 0.3) is 11.0 Å². The summed E-state index contributed by atoms with van der Waals surface area (Å²) in [5, 5.41) is 0.951. The second kappa shape index (κ2) is 5.65. The van der Waals surface area contributed by atoms with Crippen molar-refractivity contribution in [1.82, 2.24) is 0 Å². The molecule has 2 aromatic rings. The number of hydrogen-bond donors (Lipinski definition) is 0. The normalized spacial score (nSPS) is 11.6. The third-order valence-electron chi connectivity index (χ3n) is 1.53. The maximum absolute atomic E-state index is 10.7. The molecule has 1 aromatic heterocycles. The van der Waals surface area contributed by atoms with Crippen molar-refractivity contribution < 1.29 is 13.2 Å². The van der Waals surface area contributed by atoms with Crippen LogP contribution < -0.4 is 5.63 Å². The van der Waals surface area contributed by atoms with Gasteiger partial charge in [-0.25, -0.2) is 4.79 Å². The second-order valence-corrected chi connectivity index (χ2v) is 3.63. The molecule has 0 fully saturated rings. The van der Waals surface area contributed by atoms with Gasteiger partial charge in [-0.2, -0.15) is 0 Å². The molecule has 2 rings (SSSR count). The summed E-state index contributed by atoms with van der Waals surface area (Å²) in [6.45, 7) is 0. The van der Waals surface area contributed by atoms with Crippen LogP contribution in [0.1, 0.15) is 0 Å². The zero-order valence-electron chi connectivity index (χ0n) is 7.38. The lowest BCUT2D eigenvalue weighted by atomic mass is 10.2. The highest BCUT2D eigenvalue weighted by Gasteiger charge is 1.92. The van der Waals surface area contributed by atoms with Crippen LogP contribution in [-0.4, -0.2) is 8.76 Å². The van der Waals surface area contributed by atoms with Gasteiger partial charge in [0, 0.05) is 21.7 Å². The number of para-hydroxylation sites is 1. The molecule has 0 saturated heterocycles. The van der Waals surface area contributed by atoms with Crippen LogP contribution in [-0.2, 0) is 10.3 Å². The van der Waals surface area contributed by atoms with E-state index in [1.54, 1.807) is 12.1 Å². The van der Waals surface area contributed by atoms with Crippen LogP contribution in [0.3, 0.4) is 0 Å². The summed E-state index contributed by atoms with van der Waals surface area (Å²) < 4.78 is 22.4. The van der Waals surface area contributed by atoms with Crippen LogP contribution in [0.2, 0.25) is 0 Å². The summed E-state index contributed by atoms with van der Waals surface area (Å²) in [6, 6.07) is 10.6. The zero-order chi connectivity index (χ0) is 11.3. The summed E-state index contributed by atoms with van der Waals surface area (Å²) in [6.07, 6.45) is 0. The first-order valence-electron chi connectivity index (χ1n) is 3.84. The van der Waals surface area contributed by atoms with Gasteiger partial charge in [0.05, 0.1) is 0 Å². The Hall–Kier alpha value is -1.17. The van der Waals surface area contributed by atoms with Gasteiger partial charge in [0.2, 0.25) is 0 Å². The van der Waals surface area contributed by atoms with Crippen LogP contribution in [0.15, 0.2) is 45.6 Å².